The monoisotopic (exact) mass is 728 g/mol. The van der Waals surface area contributed by atoms with Crippen LogP contribution in [-0.4, -0.2) is 13.2 Å². The lowest BCUT2D eigenvalue weighted by atomic mass is 9.67. The molecule has 1 aliphatic carbocycles. The SMILES string of the molecule is CC(C)(C)c1cc(N)ccc1OCCCc1ccc(C2(c3ccc(CCCOc4ccc(N)cc4C(C)(C)C)cc3)c3ccccc3-c3ccccc32)cc1. The van der Waals surface area contributed by atoms with E-state index in [1.54, 1.807) is 0 Å². The molecule has 55 heavy (non-hydrogen) atoms. The van der Waals surface area contributed by atoms with Gasteiger partial charge in [0, 0.05) is 22.5 Å². The third kappa shape index (κ3) is 7.73. The van der Waals surface area contributed by atoms with Crippen molar-refractivity contribution < 1.29 is 9.47 Å². The maximum atomic E-state index is 6.31. The Hall–Kier alpha value is -5.48. The average Bonchev–Trinajstić information content (AvgIpc) is 3.47. The number of ether oxygens (including phenoxy) is 2. The number of fused-ring (bicyclic) bond motifs is 3. The second-order valence-corrected chi connectivity index (χ2v) is 17.2. The molecular formula is C51H56N2O2. The third-order valence-corrected chi connectivity index (χ3v) is 11.1. The van der Waals surface area contributed by atoms with Crippen molar-refractivity contribution in [2.24, 2.45) is 0 Å². The molecule has 0 amide bonds. The molecule has 0 aliphatic heterocycles. The molecule has 0 aromatic heterocycles. The number of rotatable bonds is 12. The van der Waals surface area contributed by atoms with Crippen LogP contribution in [0.1, 0.15) is 98.9 Å². The minimum Gasteiger partial charge on any atom is -0.493 e. The van der Waals surface area contributed by atoms with Crippen LogP contribution in [0, 0.1) is 0 Å². The molecule has 4 N–H and O–H groups in total. The van der Waals surface area contributed by atoms with Crippen molar-refractivity contribution >= 4 is 11.4 Å². The van der Waals surface area contributed by atoms with E-state index in [9.17, 15) is 0 Å². The van der Waals surface area contributed by atoms with Crippen LogP contribution >= 0.6 is 0 Å². The second-order valence-electron chi connectivity index (χ2n) is 17.2. The Kier molecular flexibility index (Phi) is 10.5. The maximum Gasteiger partial charge on any atom is 0.123 e. The number of hydrogen-bond donors (Lipinski definition) is 2. The molecule has 282 valence electrons. The zero-order valence-corrected chi connectivity index (χ0v) is 33.4. The molecule has 0 spiro atoms. The first-order valence-corrected chi connectivity index (χ1v) is 19.8. The van der Waals surface area contributed by atoms with Crippen LogP contribution in [-0.2, 0) is 29.1 Å². The van der Waals surface area contributed by atoms with Gasteiger partial charge in [-0.05, 0) is 117 Å². The van der Waals surface area contributed by atoms with E-state index in [0.717, 1.165) is 59.7 Å². The highest BCUT2D eigenvalue weighted by atomic mass is 16.5. The van der Waals surface area contributed by atoms with Crippen molar-refractivity contribution in [1.29, 1.82) is 0 Å². The average molecular weight is 729 g/mol. The molecule has 0 unspecified atom stereocenters. The van der Waals surface area contributed by atoms with Crippen molar-refractivity contribution in [3.63, 3.8) is 0 Å². The van der Waals surface area contributed by atoms with Gasteiger partial charge < -0.3 is 20.9 Å². The molecular weight excluding hydrogens is 673 g/mol. The first-order valence-electron chi connectivity index (χ1n) is 19.8. The van der Waals surface area contributed by atoms with E-state index in [1.165, 1.54) is 44.5 Å². The Morgan fingerprint density at radius 2 is 0.855 bits per heavy atom. The Morgan fingerprint density at radius 1 is 0.473 bits per heavy atom. The topological polar surface area (TPSA) is 70.5 Å². The Balaban J connectivity index is 1.10. The van der Waals surface area contributed by atoms with Crippen LogP contribution < -0.4 is 20.9 Å². The largest absolute Gasteiger partial charge is 0.493 e. The molecule has 6 aromatic carbocycles. The number of nitrogens with two attached hydrogens (primary N) is 2. The summed E-state index contributed by atoms with van der Waals surface area (Å²) in [5, 5.41) is 0. The van der Waals surface area contributed by atoms with Gasteiger partial charge in [-0.1, -0.05) is 139 Å². The van der Waals surface area contributed by atoms with Gasteiger partial charge in [-0.15, -0.1) is 0 Å². The number of hydrogen-bond acceptors (Lipinski definition) is 4. The molecule has 0 saturated carbocycles. The van der Waals surface area contributed by atoms with E-state index in [1.807, 2.05) is 36.4 Å². The molecule has 0 atom stereocenters. The van der Waals surface area contributed by atoms with E-state index < -0.39 is 5.41 Å². The van der Waals surface area contributed by atoms with Crippen molar-refractivity contribution in [3.8, 4) is 22.6 Å². The summed E-state index contributed by atoms with van der Waals surface area (Å²) in [5.41, 5.74) is 26.0. The molecule has 4 heteroatoms. The lowest BCUT2D eigenvalue weighted by Crippen LogP contribution is -2.28. The Bertz CT molecular complexity index is 2090. The van der Waals surface area contributed by atoms with E-state index >= 15 is 0 Å². The first kappa shape index (κ1) is 37.8. The van der Waals surface area contributed by atoms with Crippen LogP contribution in [0.4, 0.5) is 11.4 Å². The van der Waals surface area contributed by atoms with E-state index in [0.29, 0.717) is 13.2 Å². The quantitative estimate of drug-likeness (QED) is 0.0971. The zero-order chi connectivity index (χ0) is 38.8. The highest BCUT2D eigenvalue weighted by molar-refractivity contribution is 5.86. The summed E-state index contributed by atoms with van der Waals surface area (Å²) in [6, 6.07) is 48.4. The van der Waals surface area contributed by atoms with Crippen LogP contribution in [0.15, 0.2) is 133 Å². The second kappa shape index (κ2) is 15.3. The van der Waals surface area contributed by atoms with E-state index in [4.69, 9.17) is 20.9 Å². The van der Waals surface area contributed by atoms with Crippen molar-refractivity contribution in [1.82, 2.24) is 0 Å². The van der Waals surface area contributed by atoms with Crippen molar-refractivity contribution in [2.75, 3.05) is 24.7 Å². The number of anilines is 2. The third-order valence-electron chi connectivity index (χ3n) is 11.1. The minimum absolute atomic E-state index is 0.0430. The maximum absolute atomic E-state index is 6.31. The summed E-state index contributed by atoms with van der Waals surface area (Å²) < 4.78 is 12.6. The van der Waals surface area contributed by atoms with Crippen LogP contribution in [0.25, 0.3) is 11.1 Å². The Labute approximate surface area is 328 Å². The fourth-order valence-electron chi connectivity index (χ4n) is 8.30. The molecule has 0 heterocycles. The standard InChI is InChI=1S/C51H56N2O2/c1-49(2,3)45-33-39(52)27-29-47(45)54-31-11-13-35-19-23-37(24-20-35)51(43-17-9-7-15-41(43)42-16-8-10-18-44(42)51)38-25-21-36(22-26-38)14-12-32-55-48-30-28-40(53)34-46(48)50(4,5)6/h7-10,15-30,33-34H,11-14,31-32,52-53H2,1-6H3. The smallest absolute Gasteiger partial charge is 0.123 e. The van der Waals surface area contributed by atoms with Gasteiger partial charge in [0.1, 0.15) is 11.5 Å². The summed E-state index contributed by atoms with van der Waals surface area (Å²) in [4.78, 5) is 0. The Morgan fingerprint density at radius 3 is 1.24 bits per heavy atom. The summed E-state index contributed by atoms with van der Waals surface area (Å²) in [6.45, 7) is 14.5. The normalized spacial score (nSPS) is 13.3. The molecule has 1 aliphatic rings. The van der Waals surface area contributed by atoms with Gasteiger partial charge >= 0.3 is 0 Å². The highest BCUT2D eigenvalue weighted by Gasteiger charge is 2.45. The van der Waals surface area contributed by atoms with Gasteiger partial charge in [0.25, 0.3) is 0 Å². The van der Waals surface area contributed by atoms with Crippen LogP contribution in [0.2, 0.25) is 0 Å². The lowest BCUT2D eigenvalue weighted by Gasteiger charge is -2.34. The first-order chi connectivity index (χ1) is 26.4. The summed E-state index contributed by atoms with van der Waals surface area (Å²) in [7, 11) is 0. The molecule has 7 rings (SSSR count). The van der Waals surface area contributed by atoms with Gasteiger partial charge in [-0.3, -0.25) is 0 Å². The van der Waals surface area contributed by atoms with Crippen molar-refractivity contribution in [3.05, 3.63) is 178 Å². The van der Waals surface area contributed by atoms with Crippen LogP contribution in [0.5, 0.6) is 11.5 Å². The van der Waals surface area contributed by atoms with Gasteiger partial charge in [0.2, 0.25) is 0 Å². The van der Waals surface area contributed by atoms with E-state index in [2.05, 4.69) is 139 Å². The van der Waals surface area contributed by atoms with Gasteiger partial charge in [0.05, 0.1) is 18.6 Å². The summed E-state index contributed by atoms with van der Waals surface area (Å²) in [5.74, 6) is 1.84. The molecule has 4 nitrogen and oxygen atoms in total. The van der Waals surface area contributed by atoms with Crippen LogP contribution in [0.3, 0.4) is 0 Å². The van der Waals surface area contributed by atoms with Crippen molar-refractivity contribution in [2.45, 2.75) is 83.5 Å². The van der Waals surface area contributed by atoms with E-state index in [-0.39, 0.29) is 10.8 Å². The minimum atomic E-state index is -0.423. The summed E-state index contributed by atoms with van der Waals surface area (Å²) >= 11 is 0. The molecule has 0 radical (unpaired) electrons. The summed E-state index contributed by atoms with van der Waals surface area (Å²) in [6.07, 6.45) is 3.73. The molecule has 0 fully saturated rings. The number of aryl methyl sites for hydroxylation is 2. The molecule has 0 bridgehead atoms. The van der Waals surface area contributed by atoms with Gasteiger partial charge in [0.15, 0.2) is 0 Å². The predicted molar refractivity (Wildman–Crippen MR) is 230 cm³/mol. The fraction of sp³-hybridized carbons (Fsp3) is 0.294. The fourth-order valence-corrected chi connectivity index (χ4v) is 8.30. The predicted octanol–water partition coefficient (Wildman–Crippen LogP) is 11.8. The zero-order valence-electron chi connectivity index (χ0n) is 33.4. The van der Waals surface area contributed by atoms with Gasteiger partial charge in [-0.25, -0.2) is 0 Å². The number of benzene rings is 6. The number of nitrogen functional groups attached to an aromatic ring is 2. The van der Waals surface area contributed by atoms with Gasteiger partial charge in [-0.2, -0.15) is 0 Å². The molecule has 6 aromatic rings. The molecule has 0 saturated heterocycles. The highest BCUT2D eigenvalue weighted by Crippen LogP contribution is 2.56. The lowest BCUT2D eigenvalue weighted by molar-refractivity contribution is 0.302.